The second-order valence-corrected chi connectivity index (χ2v) is 6.69. The predicted molar refractivity (Wildman–Crippen MR) is 79.4 cm³/mol. The summed E-state index contributed by atoms with van der Waals surface area (Å²) in [7, 11) is 0. The summed E-state index contributed by atoms with van der Waals surface area (Å²) in [4.78, 5) is 0. The third kappa shape index (κ3) is 4.66. The van der Waals surface area contributed by atoms with E-state index in [0.29, 0.717) is 21.0 Å². The summed E-state index contributed by atoms with van der Waals surface area (Å²) in [6.07, 6.45) is 0. The minimum absolute atomic E-state index is 0.574. The van der Waals surface area contributed by atoms with Crippen LogP contribution in [0.5, 0.6) is 0 Å². The summed E-state index contributed by atoms with van der Waals surface area (Å²) in [6.45, 7) is 3.24. The first-order valence-electron chi connectivity index (χ1n) is 6.30. The van der Waals surface area contributed by atoms with Crippen molar-refractivity contribution in [2.75, 3.05) is 0 Å². The van der Waals surface area contributed by atoms with E-state index in [-0.39, 0.29) is 0 Å². The van der Waals surface area contributed by atoms with Crippen LogP contribution in [0.25, 0.3) is 0 Å². The number of hydrogen-bond acceptors (Lipinski definition) is 1. The van der Waals surface area contributed by atoms with Gasteiger partial charge in [-0.1, -0.05) is 0 Å². The summed E-state index contributed by atoms with van der Waals surface area (Å²) in [5.41, 5.74) is 1.36. The van der Waals surface area contributed by atoms with Gasteiger partial charge in [0.05, 0.1) is 0 Å². The minimum atomic E-state index is 0.574. The van der Waals surface area contributed by atoms with Crippen LogP contribution in [0.2, 0.25) is 5.32 Å². The molecule has 94 valence electrons. The molecule has 2 heteroatoms. The fourth-order valence-electron chi connectivity index (χ4n) is 1.68. The molecule has 0 aliphatic heterocycles. The first kappa shape index (κ1) is 13.4. The van der Waals surface area contributed by atoms with Crippen LogP contribution in [0.4, 0.5) is 0 Å². The Morgan fingerprint density at radius 3 is 2.22 bits per heavy atom. The molecule has 0 bridgehead atoms. The summed E-state index contributed by atoms with van der Waals surface area (Å²) in [5.74, 6) is 0. The molecule has 1 nitrogen and oxygen atoms in total. The van der Waals surface area contributed by atoms with Crippen LogP contribution in [0.15, 0.2) is 60.7 Å². The van der Waals surface area contributed by atoms with E-state index < -0.39 is 0 Å². The van der Waals surface area contributed by atoms with Gasteiger partial charge in [-0.2, -0.15) is 0 Å². The predicted octanol–water partition coefficient (Wildman–Crippen LogP) is 2.61. The Labute approximate surface area is 116 Å². The van der Waals surface area contributed by atoms with E-state index in [1.165, 1.54) is 15.3 Å². The van der Waals surface area contributed by atoms with Crippen molar-refractivity contribution in [3.8, 4) is 0 Å². The molecule has 2 aromatic carbocycles. The van der Waals surface area contributed by atoms with Crippen molar-refractivity contribution < 1.29 is 0 Å². The first-order valence-corrected chi connectivity index (χ1v) is 8.36. The molecule has 1 atom stereocenters. The quantitative estimate of drug-likeness (QED) is 0.809. The number of rotatable bonds is 6. The van der Waals surface area contributed by atoms with Crippen LogP contribution < -0.4 is 9.78 Å². The molecule has 0 radical (unpaired) electrons. The Balaban J connectivity index is 1.71. The molecule has 1 unspecified atom stereocenters. The average molecular weight is 304 g/mol. The molecule has 2 rings (SSSR count). The number of hydrogen-bond donors (Lipinski definition) is 1. The SMILES string of the molecule is CC(C[Se]c1ccccc1)NCc1ccccc1. The standard InChI is InChI=1S/C16H19NSe/c1-14(13-18-16-10-6-3-7-11-16)17-12-15-8-4-2-5-9-15/h2-11,14,17H,12-13H2,1H3. The molecule has 0 saturated heterocycles. The second-order valence-electron chi connectivity index (χ2n) is 4.39. The summed E-state index contributed by atoms with van der Waals surface area (Å²) in [6, 6.07) is 21.9. The van der Waals surface area contributed by atoms with Gasteiger partial charge in [0.1, 0.15) is 0 Å². The summed E-state index contributed by atoms with van der Waals surface area (Å²) in [5, 5.41) is 4.82. The monoisotopic (exact) mass is 305 g/mol. The fraction of sp³-hybridized carbons (Fsp3) is 0.250. The van der Waals surface area contributed by atoms with Gasteiger partial charge in [-0.15, -0.1) is 0 Å². The molecule has 0 saturated carbocycles. The fourth-order valence-corrected chi connectivity index (χ4v) is 3.59. The van der Waals surface area contributed by atoms with Gasteiger partial charge in [-0.3, -0.25) is 0 Å². The van der Waals surface area contributed by atoms with Gasteiger partial charge in [0, 0.05) is 0 Å². The topological polar surface area (TPSA) is 12.0 Å². The van der Waals surface area contributed by atoms with Crippen molar-refractivity contribution in [1.82, 2.24) is 5.32 Å². The van der Waals surface area contributed by atoms with Gasteiger partial charge in [0.2, 0.25) is 0 Å². The molecule has 0 aliphatic rings. The normalized spacial score (nSPS) is 12.3. The molecular weight excluding hydrogens is 285 g/mol. The van der Waals surface area contributed by atoms with Crippen molar-refractivity contribution in [2.45, 2.75) is 24.8 Å². The van der Waals surface area contributed by atoms with E-state index in [4.69, 9.17) is 0 Å². The Hall–Kier alpha value is -1.08. The second kappa shape index (κ2) is 7.38. The molecule has 0 fully saturated rings. The molecule has 0 aliphatic carbocycles. The van der Waals surface area contributed by atoms with E-state index in [0.717, 1.165) is 6.54 Å². The Kier molecular flexibility index (Phi) is 5.47. The molecule has 0 spiro atoms. The van der Waals surface area contributed by atoms with Gasteiger partial charge in [0.15, 0.2) is 0 Å². The molecule has 0 aromatic heterocycles. The first-order chi connectivity index (χ1) is 8.84. The van der Waals surface area contributed by atoms with Crippen molar-refractivity contribution in [3.05, 3.63) is 66.2 Å². The summed E-state index contributed by atoms with van der Waals surface area (Å²) >= 11 is 0.574. The van der Waals surface area contributed by atoms with Crippen molar-refractivity contribution in [1.29, 1.82) is 0 Å². The van der Waals surface area contributed by atoms with E-state index >= 15 is 0 Å². The third-order valence-corrected chi connectivity index (χ3v) is 5.41. The molecule has 2 aromatic rings. The van der Waals surface area contributed by atoms with Gasteiger partial charge in [0.25, 0.3) is 0 Å². The van der Waals surface area contributed by atoms with Crippen molar-refractivity contribution >= 4 is 19.4 Å². The zero-order valence-electron chi connectivity index (χ0n) is 10.7. The van der Waals surface area contributed by atoms with Gasteiger partial charge in [-0.05, 0) is 0 Å². The Morgan fingerprint density at radius 2 is 1.56 bits per heavy atom. The maximum absolute atomic E-state index is 3.58. The van der Waals surface area contributed by atoms with E-state index in [1.54, 1.807) is 0 Å². The van der Waals surface area contributed by atoms with E-state index in [1.807, 2.05) is 0 Å². The average Bonchev–Trinajstić information content (AvgIpc) is 2.45. The number of benzene rings is 2. The molecule has 18 heavy (non-hydrogen) atoms. The van der Waals surface area contributed by atoms with Crippen LogP contribution in [0.3, 0.4) is 0 Å². The zero-order chi connectivity index (χ0) is 12.6. The molecular formula is C16H19NSe. The van der Waals surface area contributed by atoms with Crippen LogP contribution >= 0.6 is 0 Å². The zero-order valence-corrected chi connectivity index (χ0v) is 12.4. The molecule has 1 N–H and O–H groups in total. The van der Waals surface area contributed by atoms with Gasteiger partial charge < -0.3 is 0 Å². The van der Waals surface area contributed by atoms with Crippen molar-refractivity contribution in [3.63, 3.8) is 0 Å². The van der Waals surface area contributed by atoms with E-state index in [9.17, 15) is 0 Å². The van der Waals surface area contributed by atoms with Gasteiger partial charge in [-0.25, -0.2) is 0 Å². The Bertz CT molecular complexity index is 398. The molecule has 0 amide bonds. The van der Waals surface area contributed by atoms with Crippen molar-refractivity contribution in [2.24, 2.45) is 0 Å². The van der Waals surface area contributed by atoms with Gasteiger partial charge >= 0.3 is 116 Å². The summed E-state index contributed by atoms with van der Waals surface area (Å²) < 4.78 is 1.48. The van der Waals surface area contributed by atoms with Crippen LogP contribution in [-0.2, 0) is 6.54 Å². The molecule has 0 heterocycles. The van der Waals surface area contributed by atoms with Crippen LogP contribution in [-0.4, -0.2) is 21.0 Å². The third-order valence-electron chi connectivity index (χ3n) is 2.74. The maximum atomic E-state index is 3.58. The Morgan fingerprint density at radius 1 is 0.944 bits per heavy atom. The van der Waals surface area contributed by atoms with Crippen LogP contribution in [0.1, 0.15) is 12.5 Å². The van der Waals surface area contributed by atoms with Crippen LogP contribution in [0, 0.1) is 0 Å². The van der Waals surface area contributed by atoms with E-state index in [2.05, 4.69) is 72.9 Å². The number of nitrogens with one attached hydrogen (secondary N) is 1.